The van der Waals surface area contributed by atoms with Crippen LogP contribution >= 0.6 is 34.8 Å². The lowest BCUT2D eigenvalue weighted by molar-refractivity contribution is 0.110. The van der Waals surface area contributed by atoms with Crippen molar-refractivity contribution in [1.29, 1.82) is 0 Å². The molecule has 8 heterocycles. The Labute approximate surface area is 367 Å². The van der Waals surface area contributed by atoms with E-state index in [1.807, 2.05) is 48.5 Å². The molecule has 6 aromatic heterocycles. The number of rotatable bonds is 7. The summed E-state index contributed by atoms with van der Waals surface area (Å²) in [5.74, 6) is 2.41. The quantitative estimate of drug-likeness (QED) is 0.160. The first kappa shape index (κ1) is 43.9. The molecule has 0 spiro atoms. The molecule has 2 aliphatic rings. The Kier molecular flexibility index (Phi) is 13.3. The van der Waals surface area contributed by atoms with Crippen molar-refractivity contribution in [3.8, 4) is 0 Å². The Balaban J connectivity index is 0.000000154. The van der Waals surface area contributed by atoms with Crippen molar-refractivity contribution in [3.05, 3.63) is 137 Å². The summed E-state index contributed by atoms with van der Waals surface area (Å²) in [6.07, 6.45) is 4.70. The summed E-state index contributed by atoms with van der Waals surface area (Å²) in [5, 5.41) is 25.2. The highest BCUT2D eigenvalue weighted by atomic mass is 35.5. The van der Waals surface area contributed by atoms with E-state index in [4.69, 9.17) is 64.8 Å². The third-order valence-electron chi connectivity index (χ3n) is 10.0. The number of hydrogen-bond donors (Lipinski definition) is 3. The standard InChI is InChI=1S/C19H18ClN7O3.C13H12Cl2N2O2.C6H7N5O.CH4/c1-10-7-22-27-16(10)18(28)26(19(21)24-27)8-15-23-17(25-30-15)12-6-14(29-9-12)11-2-4-13(20)5-3-11;14-6-12-16-13(17-19-12)9-5-11(18-7-9)8-1-3-10(15)4-2-8;1-3-2-8-11-4(3)5(12)9-6(7)10-11;/h2-5,7,12,14H,6,8-9H2,1H3,(H2,21,24);1-4,9,11H,5-7H2;2H,1H3,(H3,7,9,10,12);1H4/t12-,14+;9-,11+;;/m00../s1. The van der Waals surface area contributed by atoms with Crippen LogP contribution in [0.4, 0.5) is 11.9 Å². The largest absolute Gasteiger partial charge is 0.373 e. The Hall–Kier alpha value is -6.19. The van der Waals surface area contributed by atoms with Crippen LogP contribution in [-0.4, -0.2) is 72.7 Å². The second kappa shape index (κ2) is 18.8. The Morgan fingerprint density at radius 1 is 0.742 bits per heavy atom. The fourth-order valence-corrected chi connectivity index (χ4v) is 7.26. The second-order valence-corrected chi connectivity index (χ2v) is 15.4. The maximum Gasteiger partial charge on any atom is 0.281 e. The van der Waals surface area contributed by atoms with Crippen LogP contribution in [0, 0.1) is 13.8 Å². The summed E-state index contributed by atoms with van der Waals surface area (Å²) < 4.78 is 25.8. The van der Waals surface area contributed by atoms with Crippen molar-refractivity contribution in [2.75, 3.05) is 24.7 Å². The minimum atomic E-state index is -0.316. The average molecular weight is 908 g/mol. The van der Waals surface area contributed by atoms with Gasteiger partial charge in [0.2, 0.25) is 23.7 Å². The summed E-state index contributed by atoms with van der Waals surface area (Å²) >= 11 is 17.5. The van der Waals surface area contributed by atoms with Crippen LogP contribution in [0.15, 0.2) is 79.6 Å². The number of ether oxygens (including phenoxy) is 2. The molecule has 0 aliphatic carbocycles. The third kappa shape index (κ3) is 9.48. The zero-order valence-corrected chi connectivity index (χ0v) is 34.8. The molecule has 0 bridgehead atoms. The van der Waals surface area contributed by atoms with Gasteiger partial charge in [0.1, 0.15) is 12.4 Å². The summed E-state index contributed by atoms with van der Waals surface area (Å²) in [7, 11) is 0. The monoisotopic (exact) mass is 906 g/mol. The highest BCUT2D eigenvalue weighted by Gasteiger charge is 2.32. The van der Waals surface area contributed by atoms with Crippen molar-refractivity contribution in [2.24, 2.45) is 0 Å². The number of nitrogens with one attached hydrogen (secondary N) is 1. The van der Waals surface area contributed by atoms with Gasteiger partial charge < -0.3 is 30.0 Å². The number of nitrogens with two attached hydrogens (primary N) is 2. The van der Waals surface area contributed by atoms with Crippen LogP contribution < -0.4 is 22.6 Å². The molecule has 0 radical (unpaired) electrons. The SMILES string of the molecule is C.Cc1cnn2nc(N)[nH]c(=O)c12.Cc1cnn2nc(N)n(Cc3nc([C@@H]4CO[C@@H](c5ccc(Cl)cc5)C4)no3)c(=O)c12.ClCc1nc([C@@H]2CO[C@@H](c3ccc(Cl)cc3)C2)no1. The number of aromatic amines is 1. The molecule has 324 valence electrons. The summed E-state index contributed by atoms with van der Waals surface area (Å²) in [6, 6.07) is 15.3. The van der Waals surface area contributed by atoms with Crippen molar-refractivity contribution in [1.82, 2.24) is 59.5 Å². The fraction of sp³-hybridized carbons (Fsp3) is 0.333. The summed E-state index contributed by atoms with van der Waals surface area (Å²) in [4.78, 5) is 35.1. The van der Waals surface area contributed by atoms with Gasteiger partial charge in [-0.05, 0) is 62.1 Å². The first-order valence-corrected chi connectivity index (χ1v) is 20.1. The number of nitrogen functional groups attached to an aromatic ring is 2. The maximum absolute atomic E-state index is 12.8. The molecule has 0 saturated carbocycles. The first-order valence-electron chi connectivity index (χ1n) is 18.8. The van der Waals surface area contributed by atoms with Crippen LogP contribution in [-0.2, 0) is 21.9 Å². The number of nitrogens with zero attached hydrogens (tertiary/aromatic N) is 11. The number of aromatic nitrogens is 12. The molecule has 5 N–H and O–H groups in total. The van der Waals surface area contributed by atoms with Crippen LogP contribution in [0.25, 0.3) is 11.0 Å². The lowest BCUT2D eigenvalue weighted by Crippen LogP contribution is -2.28. The fourth-order valence-electron chi connectivity index (χ4n) is 6.90. The molecule has 0 amide bonds. The minimum absolute atomic E-state index is 0. The van der Waals surface area contributed by atoms with Crippen molar-refractivity contribution >= 4 is 57.7 Å². The van der Waals surface area contributed by atoms with E-state index in [0.717, 1.165) is 34.6 Å². The predicted molar refractivity (Wildman–Crippen MR) is 228 cm³/mol. The number of aryl methyl sites for hydroxylation is 2. The number of hydrogen-bond acceptors (Lipinski definition) is 16. The minimum Gasteiger partial charge on any atom is -0.373 e. The number of alkyl halides is 1. The molecule has 2 aliphatic heterocycles. The number of anilines is 2. The molecule has 4 atom stereocenters. The number of fused-ring (bicyclic) bond motifs is 2. The molecule has 2 saturated heterocycles. The van der Waals surface area contributed by atoms with Crippen LogP contribution in [0.5, 0.6) is 0 Å². The smallest absolute Gasteiger partial charge is 0.281 e. The molecular formula is C39H41Cl3N14O6. The Morgan fingerprint density at radius 2 is 1.24 bits per heavy atom. The lowest BCUT2D eigenvalue weighted by Gasteiger charge is -2.09. The van der Waals surface area contributed by atoms with E-state index in [0.29, 0.717) is 52.4 Å². The number of benzene rings is 2. The molecular weight excluding hydrogens is 867 g/mol. The summed E-state index contributed by atoms with van der Waals surface area (Å²) in [6.45, 7) is 4.68. The van der Waals surface area contributed by atoms with Gasteiger partial charge in [0, 0.05) is 33.0 Å². The lowest BCUT2D eigenvalue weighted by atomic mass is 10.0. The molecule has 10 rings (SSSR count). The topological polar surface area (TPSA) is 264 Å². The average Bonchev–Trinajstić information content (AvgIpc) is 4.11. The normalized spacial score (nSPS) is 18.3. The van der Waals surface area contributed by atoms with E-state index >= 15 is 0 Å². The molecule has 2 fully saturated rings. The van der Waals surface area contributed by atoms with E-state index in [2.05, 4.69) is 45.7 Å². The second-order valence-electron chi connectivity index (χ2n) is 14.3. The van der Waals surface area contributed by atoms with Gasteiger partial charge in [-0.15, -0.1) is 31.1 Å². The predicted octanol–water partition coefficient (Wildman–Crippen LogP) is 5.76. The molecule has 20 nitrogen and oxygen atoms in total. The van der Waals surface area contributed by atoms with Crippen molar-refractivity contribution in [3.63, 3.8) is 0 Å². The zero-order chi connectivity index (χ0) is 42.8. The number of halogens is 3. The third-order valence-corrected chi connectivity index (χ3v) is 10.8. The highest BCUT2D eigenvalue weighted by Crippen LogP contribution is 2.38. The van der Waals surface area contributed by atoms with Gasteiger partial charge in [0.25, 0.3) is 11.1 Å². The molecule has 62 heavy (non-hydrogen) atoms. The zero-order valence-electron chi connectivity index (χ0n) is 32.5. The summed E-state index contributed by atoms with van der Waals surface area (Å²) in [5.41, 5.74) is 15.1. The van der Waals surface area contributed by atoms with Gasteiger partial charge in [-0.3, -0.25) is 19.1 Å². The van der Waals surface area contributed by atoms with Crippen molar-refractivity contribution < 1.29 is 18.5 Å². The van der Waals surface area contributed by atoms with Crippen molar-refractivity contribution in [2.45, 2.75) is 70.6 Å². The Morgan fingerprint density at radius 3 is 1.77 bits per heavy atom. The maximum atomic E-state index is 12.8. The van der Waals surface area contributed by atoms with Gasteiger partial charge in [-0.25, -0.2) is 0 Å². The first-order chi connectivity index (χ1) is 29.4. The van der Waals surface area contributed by atoms with E-state index < -0.39 is 0 Å². The van der Waals surface area contributed by atoms with E-state index in [9.17, 15) is 9.59 Å². The van der Waals surface area contributed by atoms with Crippen LogP contribution in [0.2, 0.25) is 10.0 Å². The van der Waals surface area contributed by atoms with Gasteiger partial charge in [0.15, 0.2) is 22.7 Å². The highest BCUT2D eigenvalue weighted by molar-refractivity contribution is 6.30. The molecule has 0 unspecified atom stereocenters. The van der Waals surface area contributed by atoms with Gasteiger partial charge in [-0.2, -0.15) is 20.2 Å². The van der Waals surface area contributed by atoms with Gasteiger partial charge in [-0.1, -0.05) is 65.2 Å². The molecule has 8 aromatic rings. The van der Waals surface area contributed by atoms with Gasteiger partial charge >= 0.3 is 0 Å². The Bertz CT molecular complexity index is 2910. The molecule has 2 aromatic carbocycles. The van der Waals surface area contributed by atoms with Crippen LogP contribution in [0.3, 0.4) is 0 Å². The van der Waals surface area contributed by atoms with E-state index in [1.165, 1.54) is 13.8 Å². The number of H-pyrrole nitrogens is 1. The van der Waals surface area contributed by atoms with E-state index in [1.54, 1.807) is 26.2 Å². The van der Waals surface area contributed by atoms with E-state index in [-0.39, 0.29) is 72.8 Å². The van der Waals surface area contributed by atoms with Gasteiger partial charge in [0.05, 0.1) is 37.8 Å². The molecule has 23 heteroatoms. The van der Waals surface area contributed by atoms with Crippen LogP contribution in [0.1, 0.15) is 90.0 Å².